The molecule has 2 saturated heterocycles. The van der Waals surface area contributed by atoms with Gasteiger partial charge in [0.2, 0.25) is 0 Å². The Balaban J connectivity index is 2.08. The summed E-state index contributed by atoms with van der Waals surface area (Å²) in [6, 6.07) is 0. The molecule has 8 heteroatoms. The van der Waals surface area contributed by atoms with E-state index in [1.165, 1.54) is 6.08 Å². The molecular weight excluding hydrogens is 356 g/mol. The highest BCUT2D eigenvalue weighted by atomic mass is 16.6. The van der Waals surface area contributed by atoms with E-state index in [9.17, 15) is 24.6 Å². The second-order valence-corrected chi connectivity index (χ2v) is 7.85. The number of Topliss-reactive ketones (excluding diaryl/α,β-unsaturated/α-hetero) is 1. The van der Waals surface area contributed by atoms with Crippen molar-refractivity contribution >= 4 is 17.7 Å². The Morgan fingerprint density at radius 1 is 1.37 bits per heavy atom. The van der Waals surface area contributed by atoms with E-state index in [0.29, 0.717) is 6.42 Å². The first-order valence-electron chi connectivity index (χ1n) is 9.00. The van der Waals surface area contributed by atoms with Gasteiger partial charge in [0.15, 0.2) is 17.1 Å². The maximum Gasteiger partial charge on any atom is 0.346 e. The Morgan fingerprint density at radius 3 is 2.63 bits per heavy atom. The second kappa shape index (κ2) is 6.45. The van der Waals surface area contributed by atoms with Crippen molar-refractivity contribution in [3.05, 3.63) is 23.5 Å². The summed E-state index contributed by atoms with van der Waals surface area (Å²) in [6.45, 7) is 5.07. The Kier molecular flexibility index (Phi) is 4.68. The van der Waals surface area contributed by atoms with Gasteiger partial charge in [-0.05, 0) is 20.3 Å². The first-order valence-corrected chi connectivity index (χ1v) is 9.00. The Labute approximate surface area is 156 Å². The maximum atomic E-state index is 12.6. The predicted molar refractivity (Wildman–Crippen MR) is 91.3 cm³/mol. The number of ketones is 1. The van der Waals surface area contributed by atoms with Gasteiger partial charge in [0.1, 0.15) is 17.3 Å². The van der Waals surface area contributed by atoms with Crippen molar-refractivity contribution in [2.45, 2.75) is 63.4 Å². The second-order valence-electron chi connectivity index (χ2n) is 7.85. The summed E-state index contributed by atoms with van der Waals surface area (Å²) in [7, 11) is 0. The van der Waals surface area contributed by atoms with Crippen LogP contribution in [0.1, 0.15) is 40.0 Å². The lowest BCUT2D eigenvalue weighted by atomic mass is 9.59. The zero-order valence-electron chi connectivity index (χ0n) is 15.5. The molecule has 4 rings (SSSR count). The molecule has 6 atom stereocenters. The smallest absolute Gasteiger partial charge is 0.346 e. The Hall–Kier alpha value is -2.19. The molecule has 2 bridgehead atoms. The number of esters is 1. The number of carboxylic acid groups (broad SMARTS) is 1. The molecule has 0 amide bonds. The first-order chi connectivity index (χ1) is 12.5. The van der Waals surface area contributed by atoms with Crippen LogP contribution in [0.4, 0.5) is 0 Å². The van der Waals surface area contributed by atoms with E-state index in [1.54, 1.807) is 13.8 Å². The number of aliphatic hydroxyl groups is 2. The molecule has 6 unspecified atom stereocenters. The minimum absolute atomic E-state index is 0.0461. The molecule has 0 aromatic rings. The molecule has 1 aliphatic carbocycles. The molecule has 1 saturated carbocycles. The van der Waals surface area contributed by atoms with Gasteiger partial charge in [-0.2, -0.15) is 0 Å². The third-order valence-corrected chi connectivity index (χ3v) is 5.98. The number of aliphatic carboxylic acids is 1. The topological polar surface area (TPSA) is 130 Å². The number of hydrogen-bond donors (Lipinski definition) is 3. The highest BCUT2D eigenvalue weighted by molar-refractivity contribution is 6.19. The molecule has 148 valence electrons. The van der Waals surface area contributed by atoms with E-state index < -0.39 is 47.0 Å². The van der Waals surface area contributed by atoms with Crippen LogP contribution in [0.3, 0.4) is 0 Å². The zero-order valence-corrected chi connectivity index (χ0v) is 15.5. The number of fused-ring (bicyclic) bond motifs is 2. The molecule has 3 fully saturated rings. The molecule has 27 heavy (non-hydrogen) atoms. The van der Waals surface area contributed by atoms with E-state index in [-0.39, 0.29) is 30.1 Å². The minimum Gasteiger partial charge on any atom is -0.484 e. The van der Waals surface area contributed by atoms with Crippen LogP contribution in [0.25, 0.3) is 0 Å². The monoisotopic (exact) mass is 380 g/mol. The minimum atomic E-state index is -1.39. The highest BCUT2D eigenvalue weighted by Gasteiger charge is 2.70. The summed E-state index contributed by atoms with van der Waals surface area (Å²) >= 11 is 0. The van der Waals surface area contributed by atoms with Gasteiger partial charge >= 0.3 is 11.9 Å². The summed E-state index contributed by atoms with van der Waals surface area (Å²) in [6.07, 6.45) is 0.847. The lowest BCUT2D eigenvalue weighted by molar-refractivity contribution is -0.262. The van der Waals surface area contributed by atoms with Crippen LogP contribution in [0.5, 0.6) is 0 Å². The van der Waals surface area contributed by atoms with Gasteiger partial charge in [-0.1, -0.05) is 13.0 Å². The third kappa shape index (κ3) is 2.87. The van der Waals surface area contributed by atoms with Crippen molar-refractivity contribution in [1.29, 1.82) is 0 Å². The molecule has 3 aliphatic heterocycles. The molecule has 0 aromatic carbocycles. The summed E-state index contributed by atoms with van der Waals surface area (Å²) in [5.41, 5.74) is -2.68. The van der Waals surface area contributed by atoms with E-state index >= 15 is 0 Å². The number of hydrogen-bond acceptors (Lipinski definition) is 7. The number of ether oxygens (including phenoxy) is 2. The van der Waals surface area contributed by atoms with Crippen LogP contribution in [-0.4, -0.2) is 56.5 Å². The molecule has 0 radical (unpaired) electrons. The SMILES string of the molecule is CC(O)CCC(=O)C1=C2OC3(C)C(C)CC2(OC1=O)C(C=CC(=O)O)C3O. The van der Waals surface area contributed by atoms with Crippen molar-refractivity contribution in [3.63, 3.8) is 0 Å². The van der Waals surface area contributed by atoms with Crippen LogP contribution in [0.2, 0.25) is 0 Å². The van der Waals surface area contributed by atoms with Crippen molar-refractivity contribution < 1.29 is 39.2 Å². The van der Waals surface area contributed by atoms with Gasteiger partial charge in [-0.25, -0.2) is 9.59 Å². The van der Waals surface area contributed by atoms with Crippen LogP contribution in [-0.2, 0) is 23.9 Å². The quantitative estimate of drug-likeness (QED) is 0.349. The summed E-state index contributed by atoms with van der Waals surface area (Å²) < 4.78 is 11.6. The number of carbonyl (C=O) groups excluding carboxylic acids is 2. The van der Waals surface area contributed by atoms with Crippen LogP contribution in [0, 0.1) is 11.8 Å². The Bertz CT molecular complexity index is 751. The molecule has 4 aliphatic rings. The average Bonchev–Trinajstić information content (AvgIpc) is 2.83. The van der Waals surface area contributed by atoms with Gasteiger partial charge in [-0.15, -0.1) is 0 Å². The molecular formula is C19H24O8. The predicted octanol–water partition coefficient (Wildman–Crippen LogP) is 0.713. The normalized spacial score (nSPS) is 38.6. The van der Waals surface area contributed by atoms with Gasteiger partial charge in [0.25, 0.3) is 0 Å². The van der Waals surface area contributed by atoms with E-state index in [4.69, 9.17) is 14.6 Å². The highest BCUT2D eigenvalue weighted by Crippen LogP contribution is 2.60. The molecule has 3 heterocycles. The molecule has 8 nitrogen and oxygen atoms in total. The van der Waals surface area contributed by atoms with E-state index in [2.05, 4.69) is 0 Å². The molecule has 0 aromatic heterocycles. The average molecular weight is 380 g/mol. The fraction of sp³-hybridized carbons (Fsp3) is 0.632. The third-order valence-electron chi connectivity index (χ3n) is 5.98. The zero-order chi connectivity index (χ0) is 20.1. The summed E-state index contributed by atoms with van der Waals surface area (Å²) in [5, 5.41) is 29.2. The van der Waals surface area contributed by atoms with E-state index in [0.717, 1.165) is 6.08 Å². The number of carboxylic acids is 1. The Morgan fingerprint density at radius 2 is 2.04 bits per heavy atom. The fourth-order valence-electron chi connectivity index (χ4n) is 4.29. The van der Waals surface area contributed by atoms with Crippen molar-refractivity contribution in [3.8, 4) is 0 Å². The fourth-order valence-corrected chi connectivity index (χ4v) is 4.29. The van der Waals surface area contributed by atoms with Crippen molar-refractivity contribution in [2.24, 2.45) is 11.8 Å². The summed E-state index contributed by atoms with van der Waals surface area (Å²) in [5.74, 6) is -3.47. The van der Waals surface area contributed by atoms with Gasteiger partial charge < -0.3 is 24.8 Å². The number of carbonyl (C=O) groups is 3. The number of rotatable bonds is 6. The standard InChI is InChI=1S/C19H24O8/c1-9-8-19-11(5-7-13(22)23)15(24)18(9,3)26-16(19)14(17(25)27-19)12(21)6-4-10(2)20/h5,7,9-11,15,20,24H,4,6,8H2,1-3H3,(H,22,23). The van der Waals surface area contributed by atoms with Gasteiger partial charge in [0, 0.05) is 24.8 Å². The first kappa shape index (κ1) is 19.6. The lowest BCUT2D eigenvalue weighted by Crippen LogP contribution is -2.69. The van der Waals surface area contributed by atoms with Crippen LogP contribution in [0.15, 0.2) is 23.5 Å². The molecule has 1 spiro atoms. The van der Waals surface area contributed by atoms with Crippen LogP contribution >= 0.6 is 0 Å². The van der Waals surface area contributed by atoms with Gasteiger partial charge in [-0.3, -0.25) is 4.79 Å². The maximum absolute atomic E-state index is 12.6. The number of aliphatic hydroxyl groups excluding tert-OH is 2. The van der Waals surface area contributed by atoms with Crippen LogP contribution < -0.4 is 0 Å². The molecule has 3 N–H and O–H groups in total. The summed E-state index contributed by atoms with van der Waals surface area (Å²) in [4.78, 5) is 36.1. The van der Waals surface area contributed by atoms with Crippen molar-refractivity contribution in [2.75, 3.05) is 0 Å². The largest absolute Gasteiger partial charge is 0.484 e. The lowest BCUT2D eigenvalue weighted by Gasteiger charge is -2.59. The van der Waals surface area contributed by atoms with Gasteiger partial charge in [0.05, 0.1) is 12.0 Å². The van der Waals surface area contributed by atoms with Crippen molar-refractivity contribution in [1.82, 2.24) is 0 Å². The van der Waals surface area contributed by atoms with E-state index in [1.807, 2.05) is 6.92 Å².